The first-order valence-electron chi connectivity index (χ1n) is 3.16. The van der Waals surface area contributed by atoms with Crippen LogP contribution >= 0.6 is 0 Å². The van der Waals surface area contributed by atoms with Crippen molar-refractivity contribution >= 4 is 5.97 Å². The molecule has 53 valence electrons. The fourth-order valence-electron chi connectivity index (χ4n) is 0.784. The zero-order valence-electron chi connectivity index (χ0n) is 5.92. The van der Waals surface area contributed by atoms with E-state index in [1.165, 1.54) is 0 Å². The van der Waals surface area contributed by atoms with E-state index in [0.717, 1.165) is 6.42 Å². The van der Waals surface area contributed by atoms with Gasteiger partial charge in [0, 0.05) is 6.42 Å². The van der Waals surface area contributed by atoms with Crippen LogP contribution in [0.5, 0.6) is 0 Å². The lowest BCUT2D eigenvalue weighted by Gasteiger charge is -2.03. The molecule has 0 aromatic carbocycles. The molecular formula is C7H13O2. The molecule has 0 fully saturated rings. The summed E-state index contributed by atoms with van der Waals surface area (Å²) in [5.74, 6) is -0.420. The van der Waals surface area contributed by atoms with Gasteiger partial charge in [-0.25, -0.2) is 0 Å². The zero-order valence-corrected chi connectivity index (χ0v) is 5.92. The topological polar surface area (TPSA) is 37.3 Å². The van der Waals surface area contributed by atoms with Crippen molar-refractivity contribution in [2.24, 2.45) is 5.92 Å². The Morgan fingerprint density at radius 1 is 1.78 bits per heavy atom. The fourth-order valence-corrected chi connectivity index (χ4v) is 0.784. The molecule has 0 spiro atoms. The number of aliphatic carboxylic acids is 1. The van der Waals surface area contributed by atoms with E-state index < -0.39 is 5.97 Å². The molecule has 0 saturated carbocycles. The maximum Gasteiger partial charge on any atom is 0.303 e. The normalized spacial score (nSPS) is 13.1. The van der Waals surface area contributed by atoms with E-state index in [-0.39, 0.29) is 12.3 Å². The van der Waals surface area contributed by atoms with E-state index in [1.807, 2.05) is 20.3 Å². The van der Waals surface area contributed by atoms with Crippen LogP contribution in [0.1, 0.15) is 26.7 Å². The molecule has 9 heavy (non-hydrogen) atoms. The molecule has 0 aliphatic carbocycles. The first-order chi connectivity index (χ1) is 4.16. The van der Waals surface area contributed by atoms with Crippen LogP contribution in [0.4, 0.5) is 0 Å². The molecule has 0 amide bonds. The highest BCUT2D eigenvalue weighted by Gasteiger charge is 2.04. The van der Waals surface area contributed by atoms with Crippen molar-refractivity contribution in [1.29, 1.82) is 0 Å². The van der Waals surface area contributed by atoms with E-state index >= 15 is 0 Å². The van der Waals surface area contributed by atoms with Crippen molar-refractivity contribution < 1.29 is 9.90 Å². The molecule has 1 N–H and O–H groups in total. The van der Waals surface area contributed by atoms with Gasteiger partial charge >= 0.3 is 5.97 Å². The highest BCUT2D eigenvalue weighted by molar-refractivity contribution is 5.66. The molecule has 0 saturated heterocycles. The van der Waals surface area contributed by atoms with Crippen LogP contribution in [0.15, 0.2) is 0 Å². The lowest BCUT2D eigenvalue weighted by atomic mass is 10.0. The molecule has 1 atom stereocenters. The average Bonchev–Trinajstić information content (AvgIpc) is 1.63. The minimum absolute atomic E-state index is 0.282. The van der Waals surface area contributed by atoms with E-state index in [0.29, 0.717) is 0 Å². The Hall–Kier alpha value is -0.530. The lowest BCUT2D eigenvalue weighted by Crippen LogP contribution is -2.03. The van der Waals surface area contributed by atoms with Gasteiger partial charge in [0.25, 0.3) is 0 Å². The summed E-state index contributed by atoms with van der Waals surface area (Å²) in [5.41, 5.74) is 0. The number of carboxylic acids is 1. The summed E-state index contributed by atoms with van der Waals surface area (Å²) in [4.78, 5) is 10.1. The van der Waals surface area contributed by atoms with E-state index in [2.05, 4.69) is 0 Å². The summed E-state index contributed by atoms with van der Waals surface area (Å²) in [7, 11) is 0. The van der Waals surface area contributed by atoms with Crippen LogP contribution in [-0.2, 0) is 4.79 Å². The molecule has 0 aromatic rings. The Morgan fingerprint density at radius 2 is 2.33 bits per heavy atom. The van der Waals surface area contributed by atoms with Gasteiger partial charge in [-0.05, 0) is 18.8 Å². The predicted molar refractivity (Wildman–Crippen MR) is 36.0 cm³/mol. The van der Waals surface area contributed by atoms with E-state index in [1.54, 1.807) is 0 Å². The van der Waals surface area contributed by atoms with Crippen molar-refractivity contribution in [1.82, 2.24) is 0 Å². The fraction of sp³-hybridized carbons (Fsp3) is 0.714. The number of hydrogen-bond donors (Lipinski definition) is 1. The molecule has 2 nitrogen and oxygen atoms in total. The minimum Gasteiger partial charge on any atom is -0.481 e. The van der Waals surface area contributed by atoms with Gasteiger partial charge in [0.15, 0.2) is 0 Å². The van der Waals surface area contributed by atoms with Crippen LogP contribution in [0.2, 0.25) is 0 Å². The van der Waals surface area contributed by atoms with Crippen molar-refractivity contribution in [2.45, 2.75) is 26.7 Å². The second-order valence-electron chi connectivity index (χ2n) is 2.35. The third-order valence-corrected chi connectivity index (χ3v) is 1.16. The molecule has 2 heteroatoms. The Morgan fingerprint density at radius 3 is 2.67 bits per heavy atom. The summed E-state index contributed by atoms with van der Waals surface area (Å²) in [6.45, 7) is 3.88. The monoisotopic (exact) mass is 129 g/mol. The highest BCUT2D eigenvalue weighted by Crippen LogP contribution is 2.07. The molecule has 0 aliphatic heterocycles. The molecular weight excluding hydrogens is 116 g/mol. The van der Waals surface area contributed by atoms with Crippen molar-refractivity contribution in [2.75, 3.05) is 0 Å². The first kappa shape index (κ1) is 8.47. The number of carbonyl (C=O) groups is 1. The quantitative estimate of drug-likeness (QED) is 0.627. The molecule has 0 aromatic heterocycles. The average molecular weight is 129 g/mol. The van der Waals surface area contributed by atoms with Crippen LogP contribution in [-0.4, -0.2) is 11.1 Å². The molecule has 0 bridgehead atoms. The van der Waals surface area contributed by atoms with Crippen LogP contribution in [0.3, 0.4) is 0 Å². The van der Waals surface area contributed by atoms with Gasteiger partial charge in [0.05, 0.1) is 0 Å². The molecule has 0 heterocycles. The standard InChI is InChI=1S/C7H13O2/c1-3-4-6(2)5-7(8)9/h3,6H,4-5H2,1-2H3,(H,8,9). The maximum atomic E-state index is 10.1. The van der Waals surface area contributed by atoms with E-state index in [9.17, 15) is 4.79 Å². The molecule has 0 aliphatic rings. The van der Waals surface area contributed by atoms with Gasteiger partial charge in [-0.15, -0.1) is 0 Å². The van der Waals surface area contributed by atoms with E-state index in [4.69, 9.17) is 5.11 Å². The Kier molecular flexibility index (Phi) is 4.10. The van der Waals surface area contributed by atoms with Gasteiger partial charge in [-0.2, -0.15) is 0 Å². The Balaban J connectivity index is 3.26. The molecule has 0 rings (SSSR count). The molecule has 1 radical (unpaired) electrons. The molecule has 1 unspecified atom stereocenters. The second kappa shape index (κ2) is 4.36. The van der Waals surface area contributed by atoms with Crippen molar-refractivity contribution in [3.63, 3.8) is 0 Å². The highest BCUT2D eigenvalue weighted by atomic mass is 16.4. The maximum absolute atomic E-state index is 10.1. The van der Waals surface area contributed by atoms with Crippen LogP contribution < -0.4 is 0 Å². The van der Waals surface area contributed by atoms with Crippen LogP contribution in [0, 0.1) is 12.3 Å². The summed E-state index contributed by atoms with van der Waals surface area (Å²) in [6.07, 6.45) is 3.17. The van der Waals surface area contributed by atoms with Gasteiger partial charge in [-0.3, -0.25) is 4.79 Å². The third-order valence-electron chi connectivity index (χ3n) is 1.16. The summed E-state index contributed by atoms with van der Waals surface area (Å²) in [5, 5.41) is 8.30. The van der Waals surface area contributed by atoms with Gasteiger partial charge in [0.2, 0.25) is 0 Å². The Labute approximate surface area is 55.9 Å². The number of hydrogen-bond acceptors (Lipinski definition) is 1. The largest absolute Gasteiger partial charge is 0.481 e. The summed E-state index contributed by atoms with van der Waals surface area (Å²) < 4.78 is 0. The van der Waals surface area contributed by atoms with Crippen molar-refractivity contribution in [3.8, 4) is 0 Å². The smallest absolute Gasteiger partial charge is 0.303 e. The zero-order chi connectivity index (χ0) is 7.28. The summed E-state index contributed by atoms with van der Waals surface area (Å²) in [6, 6.07) is 0. The number of carboxylic acid groups (broad SMARTS) is 1. The first-order valence-corrected chi connectivity index (χ1v) is 3.16. The van der Waals surface area contributed by atoms with Gasteiger partial charge in [0.1, 0.15) is 0 Å². The Bertz CT molecular complexity index is 88.9. The second-order valence-corrected chi connectivity index (χ2v) is 2.35. The minimum atomic E-state index is -0.704. The van der Waals surface area contributed by atoms with Crippen LogP contribution in [0.25, 0.3) is 0 Å². The van der Waals surface area contributed by atoms with Gasteiger partial charge in [-0.1, -0.05) is 13.8 Å². The third kappa shape index (κ3) is 5.34. The SMILES string of the molecule is C[CH]CC(C)CC(=O)O. The van der Waals surface area contributed by atoms with Crippen molar-refractivity contribution in [3.05, 3.63) is 6.42 Å². The van der Waals surface area contributed by atoms with Gasteiger partial charge < -0.3 is 5.11 Å². The lowest BCUT2D eigenvalue weighted by molar-refractivity contribution is -0.137. The summed E-state index contributed by atoms with van der Waals surface area (Å²) >= 11 is 0. The number of rotatable bonds is 4. The predicted octanol–water partition coefficient (Wildman–Crippen LogP) is 1.71.